The van der Waals surface area contributed by atoms with E-state index in [0.717, 1.165) is 6.07 Å². The van der Waals surface area contributed by atoms with E-state index in [4.69, 9.17) is 4.74 Å². The number of carbonyl (C=O) groups excluding carboxylic acids is 3. The number of carbonyl (C=O) groups is 3. The van der Waals surface area contributed by atoms with Gasteiger partial charge in [-0.15, -0.1) is 0 Å². The fourth-order valence-electron chi connectivity index (χ4n) is 2.67. The van der Waals surface area contributed by atoms with Gasteiger partial charge in [0.1, 0.15) is 11.4 Å². The van der Waals surface area contributed by atoms with E-state index in [1.807, 2.05) is 0 Å². The molecule has 2 rings (SSSR count). The molecule has 1 saturated heterocycles. The molecular weight excluding hydrogens is 433 g/mol. The Morgan fingerprint density at radius 1 is 1.14 bits per heavy atom. The van der Waals surface area contributed by atoms with E-state index in [1.54, 1.807) is 30.6 Å². The maximum atomic E-state index is 13.3. The van der Waals surface area contributed by atoms with Gasteiger partial charge in [0, 0.05) is 43.6 Å². The van der Waals surface area contributed by atoms with E-state index in [-0.39, 0.29) is 30.5 Å². The molecule has 1 aliphatic heterocycles. The monoisotopic (exact) mass is 457 g/mol. The summed E-state index contributed by atoms with van der Waals surface area (Å²) < 4.78 is 19.1. The van der Waals surface area contributed by atoms with E-state index in [9.17, 15) is 18.8 Å². The maximum Gasteiger partial charge on any atom is 0.410 e. The van der Waals surface area contributed by atoms with Gasteiger partial charge in [-0.25, -0.2) is 9.18 Å². The number of piperazine rings is 1. The average molecular weight is 458 g/mol. The van der Waals surface area contributed by atoms with Gasteiger partial charge in [0.15, 0.2) is 0 Å². The minimum atomic E-state index is -0.557. The van der Waals surface area contributed by atoms with Crippen molar-refractivity contribution in [3.05, 3.63) is 34.1 Å². The highest BCUT2D eigenvalue weighted by molar-refractivity contribution is 9.10. The van der Waals surface area contributed by atoms with Crippen molar-refractivity contribution in [1.82, 2.24) is 15.1 Å². The van der Waals surface area contributed by atoms with Crippen molar-refractivity contribution in [3.63, 3.8) is 0 Å². The number of halogens is 2. The molecule has 1 N–H and O–H groups in total. The number of nitrogens with zero attached hydrogens (tertiary/aromatic N) is 2. The Labute approximate surface area is 172 Å². The van der Waals surface area contributed by atoms with Crippen molar-refractivity contribution in [3.8, 4) is 0 Å². The lowest BCUT2D eigenvalue weighted by Gasteiger charge is -2.35. The molecule has 0 atom stereocenters. The van der Waals surface area contributed by atoms with Crippen molar-refractivity contribution in [1.29, 1.82) is 0 Å². The molecule has 0 spiro atoms. The summed E-state index contributed by atoms with van der Waals surface area (Å²) >= 11 is 3.20. The third-order valence-corrected chi connectivity index (χ3v) is 4.77. The fraction of sp³-hybridized carbons (Fsp3) is 0.526. The third kappa shape index (κ3) is 6.47. The van der Waals surface area contributed by atoms with Crippen LogP contribution in [0, 0.1) is 5.82 Å². The summed E-state index contributed by atoms with van der Waals surface area (Å²) in [6.45, 7) is 7.21. The third-order valence-electron chi connectivity index (χ3n) is 4.08. The topological polar surface area (TPSA) is 79.0 Å². The standard InChI is InChI=1S/C19H25BrFN3O4/c1-19(2,3)28-18(27)24-10-8-23(9-11-24)16(25)6-7-22-17(26)14-12-13(21)4-5-15(14)20/h4-5,12H,6-11H2,1-3H3,(H,22,26). The lowest BCUT2D eigenvalue weighted by Crippen LogP contribution is -2.52. The summed E-state index contributed by atoms with van der Waals surface area (Å²) in [5.74, 6) is -1.07. The second kappa shape index (κ2) is 9.36. The molecule has 0 unspecified atom stereocenters. The van der Waals surface area contributed by atoms with E-state index < -0.39 is 17.3 Å². The van der Waals surface area contributed by atoms with Gasteiger partial charge in [-0.3, -0.25) is 9.59 Å². The molecule has 0 saturated carbocycles. The highest BCUT2D eigenvalue weighted by atomic mass is 79.9. The van der Waals surface area contributed by atoms with Crippen molar-refractivity contribution in [2.24, 2.45) is 0 Å². The molecule has 3 amide bonds. The van der Waals surface area contributed by atoms with Crippen LogP contribution in [0.2, 0.25) is 0 Å². The Morgan fingerprint density at radius 3 is 2.36 bits per heavy atom. The highest BCUT2D eigenvalue weighted by Crippen LogP contribution is 2.17. The number of nitrogens with one attached hydrogen (secondary N) is 1. The molecule has 0 aromatic heterocycles. The zero-order chi connectivity index (χ0) is 20.9. The molecule has 1 aromatic carbocycles. The maximum absolute atomic E-state index is 13.3. The summed E-state index contributed by atoms with van der Waals surface area (Å²) in [6, 6.07) is 3.85. The lowest BCUT2D eigenvalue weighted by molar-refractivity contribution is -0.132. The van der Waals surface area contributed by atoms with E-state index in [1.165, 1.54) is 12.1 Å². The van der Waals surface area contributed by atoms with Crippen LogP contribution in [0.3, 0.4) is 0 Å². The summed E-state index contributed by atoms with van der Waals surface area (Å²) in [5.41, 5.74) is -0.378. The first-order valence-corrected chi connectivity index (χ1v) is 9.85. The first-order valence-electron chi connectivity index (χ1n) is 9.06. The van der Waals surface area contributed by atoms with Crippen molar-refractivity contribution >= 4 is 33.8 Å². The summed E-state index contributed by atoms with van der Waals surface area (Å²) in [5, 5.41) is 2.62. The molecule has 9 heteroatoms. The Hall–Kier alpha value is -2.16. The fourth-order valence-corrected chi connectivity index (χ4v) is 3.10. The molecule has 1 fully saturated rings. The summed E-state index contributed by atoms with van der Waals surface area (Å²) in [7, 11) is 0. The summed E-state index contributed by atoms with van der Waals surface area (Å²) in [6.07, 6.45) is -0.252. The molecule has 7 nitrogen and oxygen atoms in total. The molecular formula is C19H25BrFN3O4. The Balaban J connectivity index is 1.75. The molecule has 28 heavy (non-hydrogen) atoms. The van der Waals surface area contributed by atoms with Gasteiger partial charge in [0.05, 0.1) is 5.56 Å². The summed E-state index contributed by atoms with van der Waals surface area (Å²) in [4.78, 5) is 39.7. The minimum absolute atomic E-state index is 0.109. The van der Waals surface area contributed by atoms with Crippen molar-refractivity contribution in [2.75, 3.05) is 32.7 Å². The van der Waals surface area contributed by atoms with Gasteiger partial charge in [0.2, 0.25) is 5.91 Å². The first-order chi connectivity index (χ1) is 13.1. The van der Waals surface area contributed by atoms with E-state index in [0.29, 0.717) is 30.7 Å². The average Bonchev–Trinajstić information content (AvgIpc) is 2.62. The number of rotatable bonds is 4. The van der Waals surface area contributed by atoms with Crippen molar-refractivity contribution < 1.29 is 23.5 Å². The van der Waals surface area contributed by atoms with Crippen LogP contribution in [0.4, 0.5) is 9.18 Å². The Morgan fingerprint density at radius 2 is 1.75 bits per heavy atom. The number of benzene rings is 1. The largest absolute Gasteiger partial charge is 0.444 e. The van der Waals surface area contributed by atoms with Gasteiger partial charge < -0.3 is 19.9 Å². The van der Waals surface area contributed by atoms with Crippen LogP contribution < -0.4 is 5.32 Å². The predicted octanol–water partition coefficient (Wildman–Crippen LogP) is 2.79. The lowest BCUT2D eigenvalue weighted by atomic mass is 10.2. The van der Waals surface area contributed by atoms with Crippen LogP contribution in [0.15, 0.2) is 22.7 Å². The Bertz CT molecular complexity index is 743. The number of amides is 3. The van der Waals surface area contributed by atoms with Gasteiger partial charge in [-0.1, -0.05) is 0 Å². The zero-order valence-electron chi connectivity index (χ0n) is 16.3. The van der Waals surface area contributed by atoms with Crippen LogP contribution >= 0.6 is 15.9 Å². The second-order valence-corrected chi connectivity index (χ2v) is 8.33. The second-order valence-electron chi connectivity index (χ2n) is 7.48. The number of hydrogen-bond donors (Lipinski definition) is 1. The minimum Gasteiger partial charge on any atom is -0.444 e. The van der Waals surface area contributed by atoms with Crippen LogP contribution in [0.5, 0.6) is 0 Å². The molecule has 1 aliphatic rings. The Kier molecular flexibility index (Phi) is 7.40. The van der Waals surface area contributed by atoms with Crippen LogP contribution in [-0.2, 0) is 9.53 Å². The molecule has 1 heterocycles. The van der Waals surface area contributed by atoms with Crippen LogP contribution in [0.1, 0.15) is 37.6 Å². The van der Waals surface area contributed by atoms with Gasteiger partial charge >= 0.3 is 6.09 Å². The van der Waals surface area contributed by atoms with Gasteiger partial charge in [0.25, 0.3) is 5.91 Å². The zero-order valence-corrected chi connectivity index (χ0v) is 17.8. The number of hydrogen-bond acceptors (Lipinski definition) is 4. The molecule has 1 aromatic rings. The normalized spacial score (nSPS) is 14.6. The van der Waals surface area contributed by atoms with E-state index >= 15 is 0 Å². The van der Waals surface area contributed by atoms with Crippen LogP contribution in [0.25, 0.3) is 0 Å². The quantitative estimate of drug-likeness (QED) is 0.753. The van der Waals surface area contributed by atoms with Crippen LogP contribution in [-0.4, -0.2) is 66.0 Å². The van der Waals surface area contributed by atoms with Gasteiger partial charge in [-0.2, -0.15) is 0 Å². The number of ether oxygens (including phenoxy) is 1. The first kappa shape index (κ1) is 22.1. The molecule has 0 radical (unpaired) electrons. The smallest absolute Gasteiger partial charge is 0.410 e. The van der Waals surface area contributed by atoms with E-state index in [2.05, 4.69) is 21.2 Å². The SMILES string of the molecule is CC(C)(C)OC(=O)N1CCN(C(=O)CCNC(=O)c2cc(F)ccc2Br)CC1. The van der Waals surface area contributed by atoms with Gasteiger partial charge in [-0.05, 0) is 54.9 Å². The molecule has 154 valence electrons. The molecule has 0 aliphatic carbocycles. The highest BCUT2D eigenvalue weighted by Gasteiger charge is 2.27. The molecule has 0 bridgehead atoms. The van der Waals surface area contributed by atoms with Crippen molar-refractivity contribution in [2.45, 2.75) is 32.8 Å². The predicted molar refractivity (Wildman–Crippen MR) is 105 cm³/mol.